The summed E-state index contributed by atoms with van der Waals surface area (Å²) in [6.45, 7) is 6.37. The van der Waals surface area contributed by atoms with Gasteiger partial charge in [0.15, 0.2) is 5.82 Å². The standard InChI is InChI=1S/C11H19N3O2/c1-5-14(8-11(2,3)16)9-10(15)13(4)7-6-12-9/h6-7,16H,5,8H2,1-4H3. The Labute approximate surface area is 95.4 Å². The number of aromatic nitrogens is 2. The number of hydrogen-bond acceptors (Lipinski definition) is 4. The van der Waals surface area contributed by atoms with Crippen LogP contribution in [0.1, 0.15) is 20.8 Å². The van der Waals surface area contributed by atoms with Crippen molar-refractivity contribution in [2.75, 3.05) is 18.0 Å². The first kappa shape index (κ1) is 12.7. The molecule has 0 bridgehead atoms. The van der Waals surface area contributed by atoms with E-state index in [0.717, 1.165) is 0 Å². The van der Waals surface area contributed by atoms with Crippen LogP contribution in [0.4, 0.5) is 5.82 Å². The van der Waals surface area contributed by atoms with E-state index in [9.17, 15) is 9.90 Å². The van der Waals surface area contributed by atoms with Gasteiger partial charge in [-0.15, -0.1) is 0 Å². The number of aryl methyl sites for hydroxylation is 1. The van der Waals surface area contributed by atoms with Crippen molar-refractivity contribution in [3.8, 4) is 0 Å². The second-order valence-electron chi connectivity index (χ2n) is 4.49. The van der Waals surface area contributed by atoms with E-state index < -0.39 is 5.60 Å². The van der Waals surface area contributed by atoms with Crippen molar-refractivity contribution in [1.29, 1.82) is 0 Å². The Morgan fingerprint density at radius 3 is 2.69 bits per heavy atom. The van der Waals surface area contributed by atoms with Gasteiger partial charge in [-0.25, -0.2) is 4.98 Å². The van der Waals surface area contributed by atoms with Gasteiger partial charge in [-0.1, -0.05) is 0 Å². The summed E-state index contributed by atoms with van der Waals surface area (Å²) in [5.74, 6) is 0.384. The van der Waals surface area contributed by atoms with Crippen LogP contribution in [0.5, 0.6) is 0 Å². The molecule has 0 spiro atoms. The number of likely N-dealkylation sites (N-methyl/N-ethyl adjacent to an activating group) is 1. The van der Waals surface area contributed by atoms with Gasteiger partial charge in [0.25, 0.3) is 5.56 Å². The SMILES string of the molecule is CCN(CC(C)(C)O)c1nccn(C)c1=O. The maximum Gasteiger partial charge on any atom is 0.293 e. The monoisotopic (exact) mass is 225 g/mol. The highest BCUT2D eigenvalue weighted by Crippen LogP contribution is 2.09. The summed E-state index contributed by atoms with van der Waals surface area (Å²) < 4.78 is 1.48. The number of rotatable bonds is 4. The molecule has 5 nitrogen and oxygen atoms in total. The van der Waals surface area contributed by atoms with E-state index in [0.29, 0.717) is 18.9 Å². The van der Waals surface area contributed by atoms with Gasteiger partial charge in [-0.2, -0.15) is 0 Å². The minimum absolute atomic E-state index is 0.145. The fraction of sp³-hybridized carbons (Fsp3) is 0.636. The molecule has 1 rings (SSSR count). The molecule has 0 saturated heterocycles. The molecular formula is C11H19N3O2. The van der Waals surface area contributed by atoms with E-state index in [-0.39, 0.29) is 5.56 Å². The molecule has 5 heteroatoms. The molecule has 1 N–H and O–H groups in total. The van der Waals surface area contributed by atoms with Crippen molar-refractivity contribution in [2.24, 2.45) is 7.05 Å². The molecule has 1 aromatic rings. The van der Waals surface area contributed by atoms with Gasteiger partial charge in [0.1, 0.15) is 0 Å². The Morgan fingerprint density at radius 2 is 2.19 bits per heavy atom. The molecule has 1 aromatic heterocycles. The average molecular weight is 225 g/mol. The second kappa shape index (κ2) is 4.65. The lowest BCUT2D eigenvalue weighted by molar-refractivity contribution is 0.0873. The van der Waals surface area contributed by atoms with Crippen molar-refractivity contribution >= 4 is 5.82 Å². The first-order valence-electron chi connectivity index (χ1n) is 5.34. The third-order valence-corrected chi connectivity index (χ3v) is 2.26. The minimum Gasteiger partial charge on any atom is -0.389 e. The lowest BCUT2D eigenvalue weighted by Crippen LogP contribution is -2.42. The summed E-state index contributed by atoms with van der Waals surface area (Å²) in [7, 11) is 1.69. The maximum absolute atomic E-state index is 11.8. The van der Waals surface area contributed by atoms with Crippen LogP contribution in [0.2, 0.25) is 0 Å². The Hall–Kier alpha value is -1.36. The van der Waals surface area contributed by atoms with E-state index in [4.69, 9.17) is 0 Å². The largest absolute Gasteiger partial charge is 0.389 e. The quantitative estimate of drug-likeness (QED) is 0.804. The molecule has 0 aliphatic carbocycles. The molecule has 1 heterocycles. The molecule has 0 aromatic carbocycles. The highest BCUT2D eigenvalue weighted by molar-refractivity contribution is 5.35. The number of aliphatic hydroxyl groups is 1. The van der Waals surface area contributed by atoms with Crippen molar-refractivity contribution in [3.05, 3.63) is 22.7 Å². The third kappa shape index (κ3) is 3.06. The van der Waals surface area contributed by atoms with Crippen LogP contribution in [0.15, 0.2) is 17.2 Å². The molecule has 0 saturated carbocycles. The summed E-state index contributed by atoms with van der Waals surface area (Å²) in [5, 5.41) is 9.76. The molecule has 0 aliphatic rings. The van der Waals surface area contributed by atoms with Gasteiger partial charge >= 0.3 is 0 Å². The smallest absolute Gasteiger partial charge is 0.293 e. The molecule has 16 heavy (non-hydrogen) atoms. The van der Waals surface area contributed by atoms with Crippen molar-refractivity contribution in [3.63, 3.8) is 0 Å². The Kier molecular flexibility index (Phi) is 3.70. The highest BCUT2D eigenvalue weighted by Gasteiger charge is 2.20. The van der Waals surface area contributed by atoms with Gasteiger partial charge < -0.3 is 14.6 Å². The van der Waals surface area contributed by atoms with Crippen LogP contribution in [-0.4, -0.2) is 33.3 Å². The van der Waals surface area contributed by atoms with E-state index in [1.165, 1.54) is 4.57 Å². The lowest BCUT2D eigenvalue weighted by Gasteiger charge is -2.28. The fourth-order valence-corrected chi connectivity index (χ4v) is 1.51. The van der Waals surface area contributed by atoms with E-state index >= 15 is 0 Å². The topological polar surface area (TPSA) is 58.4 Å². The molecule has 0 fully saturated rings. The highest BCUT2D eigenvalue weighted by atomic mass is 16.3. The number of hydrogen-bond donors (Lipinski definition) is 1. The molecule has 0 amide bonds. The van der Waals surface area contributed by atoms with Crippen LogP contribution in [0.3, 0.4) is 0 Å². The zero-order valence-electron chi connectivity index (χ0n) is 10.3. The van der Waals surface area contributed by atoms with Gasteiger partial charge in [0.05, 0.1) is 5.60 Å². The van der Waals surface area contributed by atoms with Crippen LogP contribution in [0.25, 0.3) is 0 Å². The molecular weight excluding hydrogens is 206 g/mol. The molecule has 90 valence electrons. The summed E-state index contributed by atoms with van der Waals surface area (Å²) in [5.41, 5.74) is -0.993. The normalized spacial score (nSPS) is 11.6. The Bertz CT molecular complexity index is 406. The maximum atomic E-state index is 11.8. The van der Waals surface area contributed by atoms with E-state index in [1.54, 1.807) is 38.2 Å². The second-order valence-corrected chi connectivity index (χ2v) is 4.49. The number of nitrogens with zero attached hydrogens (tertiary/aromatic N) is 3. The van der Waals surface area contributed by atoms with Crippen LogP contribution in [-0.2, 0) is 7.05 Å². The summed E-state index contributed by atoms with van der Waals surface area (Å²) in [6, 6.07) is 0. The predicted octanol–water partition coefficient (Wildman–Crippen LogP) is 0.378. The lowest BCUT2D eigenvalue weighted by atomic mass is 10.1. The fourth-order valence-electron chi connectivity index (χ4n) is 1.51. The van der Waals surface area contributed by atoms with E-state index in [2.05, 4.69) is 4.98 Å². The van der Waals surface area contributed by atoms with E-state index in [1.807, 2.05) is 6.92 Å². The van der Waals surface area contributed by atoms with Gasteiger partial charge in [-0.3, -0.25) is 4.79 Å². The summed E-state index contributed by atoms with van der Waals surface area (Å²) in [6.07, 6.45) is 3.20. The van der Waals surface area contributed by atoms with Crippen molar-refractivity contribution in [1.82, 2.24) is 9.55 Å². The van der Waals surface area contributed by atoms with Crippen LogP contribution in [0, 0.1) is 0 Å². The summed E-state index contributed by atoms with van der Waals surface area (Å²) >= 11 is 0. The van der Waals surface area contributed by atoms with Crippen molar-refractivity contribution in [2.45, 2.75) is 26.4 Å². The average Bonchev–Trinajstić information content (AvgIpc) is 2.18. The third-order valence-electron chi connectivity index (χ3n) is 2.26. The van der Waals surface area contributed by atoms with Gasteiger partial charge in [-0.05, 0) is 20.8 Å². The van der Waals surface area contributed by atoms with Crippen LogP contribution < -0.4 is 10.5 Å². The van der Waals surface area contributed by atoms with Gasteiger partial charge in [0, 0.05) is 32.5 Å². The number of anilines is 1. The molecule has 0 atom stereocenters. The zero-order chi connectivity index (χ0) is 12.3. The van der Waals surface area contributed by atoms with Gasteiger partial charge in [0.2, 0.25) is 0 Å². The zero-order valence-corrected chi connectivity index (χ0v) is 10.3. The molecule has 0 unspecified atom stereocenters. The molecule has 0 aliphatic heterocycles. The predicted molar refractivity (Wildman–Crippen MR) is 63.7 cm³/mol. The van der Waals surface area contributed by atoms with Crippen molar-refractivity contribution < 1.29 is 5.11 Å². The summed E-state index contributed by atoms with van der Waals surface area (Å²) in [4.78, 5) is 17.7. The Balaban J connectivity index is 3.05. The van der Waals surface area contributed by atoms with Crippen LogP contribution >= 0.6 is 0 Å². The molecule has 0 radical (unpaired) electrons. The first-order valence-corrected chi connectivity index (χ1v) is 5.34. The first-order chi connectivity index (χ1) is 7.35. The Morgan fingerprint density at radius 1 is 1.56 bits per heavy atom. The minimum atomic E-state index is -0.849.